The van der Waals surface area contributed by atoms with Gasteiger partial charge in [-0.3, -0.25) is 4.79 Å². The van der Waals surface area contributed by atoms with Crippen LogP contribution in [0.2, 0.25) is 0 Å². The summed E-state index contributed by atoms with van der Waals surface area (Å²) in [7, 11) is 0. The van der Waals surface area contributed by atoms with Crippen LogP contribution >= 0.6 is 0 Å². The topological polar surface area (TPSA) is 66.8 Å². The van der Waals surface area contributed by atoms with Gasteiger partial charge in [-0.25, -0.2) is 0 Å². The molecule has 2 atom stereocenters. The molecule has 0 bridgehead atoms. The van der Waals surface area contributed by atoms with E-state index in [1.807, 2.05) is 18.2 Å². The molecule has 0 unspecified atom stereocenters. The summed E-state index contributed by atoms with van der Waals surface area (Å²) in [6.07, 6.45) is -1.61. The van der Waals surface area contributed by atoms with Crippen LogP contribution in [0.1, 0.15) is 31.4 Å². The normalized spacial score (nSPS) is 14.1. The molecule has 0 radical (unpaired) electrons. The van der Waals surface area contributed by atoms with Crippen molar-refractivity contribution in [1.29, 1.82) is 0 Å². The van der Waals surface area contributed by atoms with E-state index in [0.717, 1.165) is 5.56 Å². The first kappa shape index (κ1) is 13.7. The quantitative estimate of drug-likeness (QED) is 0.736. The van der Waals surface area contributed by atoms with Crippen molar-refractivity contribution in [3.05, 3.63) is 35.9 Å². The van der Waals surface area contributed by atoms with Crippen molar-refractivity contribution >= 4 is 5.97 Å². The van der Waals surface area contributed by atoms with Gasteiger partial charge in [0.15, 0.2) is 0 Å². The van der Waals surface area contributed by atoms with Crippen LogP contribution in [0.25, 0.3) is 0 Å². The average molecular weight is 238 g/mol. The zero-order chi connectivity index (χ0) is 12.7. The summed E-state index contributed by atoms with van der Waals surface area (Å²) in [4.78, 5) is 11.1. The molecule has 0 aromatic heterocycles. The predicted molar refractivity (Wildman–Crippen MR) is 63.3 cm³/mol. The van der Waals surface area contributed by atoms with Crippen LogP contribution in [0.15, 0.2) is 30.3 Å². The molecule has 4 heteroatoms. The average Bonchev–Trinajstić information content (AvgIpc) is 2.30. The molecule has 0 heterocycles. The van der Waals surface area contributed by atoms with Crippen molar-refractivity contribution in [1.82, 2.24) is 0 Å². The van der Waals surface area contributed by atoms with E-state index in [-0.39, 0.29) is 12.8 Å². The van der Waals surface area contributed by atoms with Gasteiger partial charge in [-0.05, 0) is 12.5 Å². The first-order valence-corrected chi connectivity index (χ1v) is 5.70. The van der Waals surface area contributed by atoms with E-state index in [9.17, 15) is 15.0 Å². The maximum atomic E-state index is 11.1. The van der Waals surface area contributed by atoms with E-state index in [0.29, 0.717) is 6.61 Å². The third kappa shape index (κ3) is 4.97. The molecule has 4 nitrogen and oxygen atoms in total. The number of carbonyl (C=O) groups is 1. The lowest BCUT2D eigenvalue weighted by atomic mass is 10.0. The van der Waals surface area contributed by atoms with Gasteiger partial charge in [0, 0.05) is 6.42 Å². The van der Waals surface area contributed by atoms with Crippen molar-refractivity contribution in [3.63, 3.8) is 0 Å². The number of rotatable bonds is 6. The molecule has 0 aliphatic carbocycles. The molecule has 1 aromatic carbocycles. The summed E-state index contributed by atoms with van der Waals surface area (Å²) in [5, 5.41) is 19.4. The fourth-order valence-corrected chi connectivity index (χ4v) is 1.56. The summed E-state index contributed by atoms with van der Waals surface area (Å²) >= 11 is 0. The lowest BCUT2D eigenvalue weighted by molar-refractivity contribution is -0.145. The van der Waals surface area contributed by atoms with Gasteiger partial charge >= 0.3 is 5.97 Å². The Morgan fingerprint density at radius 2 is 1.94 bits per heavy atom. The SMILES string of the molecule is CCOC(=O)C[C@H](O)C[C@H](O)c1ccccc1. The van der Waals surface area contributed by atoms with Crippen LogP contribution in [-0.4, -0.2) is 28.9 Å². The van der Waals surface area contributed by atoms with Crippen LogP contribution in [0.3, 0.4) is 0 Å². The van der Waals surface area contributed by atoms with Gasteiger partial charge in [0.1, 0.15) is 0 Å². The second kappa shape index (κ2) is 7.04. The van der Waals surface area contributed by atoms with E-state index in [1.165, 1.54) is 0 Å². The van der Waals surface area contributed by atoms with E-state index < -0.39 is 18.2 Å². The lowest BCUT2D eigenvalue weighted by Crippen LogP contribution is -2.18. The minimum Gasteiger partial charge on any atom is -0.466 e. The Kier molecular flexibility index (Phi) is 5.66. The summed E-state index contributed by atoms with van der Waals surface area (Å²) in [6, 6.07) is 9.04. The van der Waals surface area contributed by atoms with Gasteiger partial charge < -0.3 is 14.9 Å². The number of carbonyl (C=O) groups excluding carboxylic acids is 1. The van der Waals surface area contributed by atoms with Crippen LogP contribution < -0.4 is 0 Å². The number of ether oxygens (including phenoxy) is 1. The lowest BCUT2D eigenvalue weighted by Gasteiger charge is -2.15. The van der Waals surface area contributed by atoms with Crippen LogP contribution in [0.5, 0.6) is 0 Å². The number of aliphatic hydroxyl groups is 2. The van der Waals surface area contributed by atoms with Crippen molar-refractivity contribution in [2.75, 3.05) is 6.61 Å². The standard InChI is InChI=1S/C13H18O4/c1-2-17-13(16)9-11(14)8-12(15)10-6-4-3-5-7-10/h3-7,11-12,14-15H,2,8-9H2,1H3/t11-,12+/m1/s1. The molecule has 17 heavy (non-hydrogen) atoms. The summed E-state index contributed by atoms with van der Waals surface area (Å²) < 4.78 is 4.72. The fourth-order valence-electron chi connectivity index (χ4n) is 1.56. The number of hydrogen-bond donors (Lipinski definition) is 2. The zero-order valence-corrected chi connectivity index (χ0v) is 9.87. The van der Waals surface area contributed by atoms with Gasteiger partial charge in [0.25, 0.3) is 0 Å². The number of hydrogen-bond acceptors (Lipinski definition) is 4. The molecule has 0 saturated carbocycles. The molecular weight excluding hydrogens is 220 g/mol. The first-order valence-electron chi connectivity index (χ1n) is 5.70. The Labute approximate surface area is 101 Å². The van der Waals surface area contributed by atoms with Crippen molar-refractivity contribution in [2.24, 2.45) is 0 Å². The summed E-state index contributed by atoms with van der Waals surface area (Å²) in [5.74, 6) is -0.444. The summed E-state index contributed by atoms with van der Waals surface area (Å²) in [5.41, 5.74) is 0.732. The largest absolute Gasteiger partial charge is 0.466 e. The van der Waals surface area contributed by atoms with Gasteiger partial charge in [0.2, 0.25) is 0 Å². The highest BCUT2D eigenvalue weighted by Crippen LogP contribution is 2.19. The molecule has 0 aliphatic heterocycles. The highest BCUT2D eigenvalue weighted by Gasteiger charge is 2.17. The van der Waals surface area contributed by atoms with Crippen LogP contribution in [0, 0.1) is 0 Å². The second-order valence-corrected chi connectivity index (χ2v) is 3.83. The van der Waals surface area contributed by atoms with Crippen LogP contribution in [0.4, 0.5) is 0 Å². The molecule has 0 aliphatic rings. The monoisotopic (exact) mass is 238 g/mol. The minimum atomic E-state index is -0.885. The Balaban J connectivity index is 2.41. The number of benzene rings is 1. The van der Waals surface area contributed by atoms with E-state index in [2.05, 4.69) is 0 Å². The highest BCUT2D eigenvalue weighted by molar-refractivity contribution is 5.69. The third-order valence-corrected chi connectivity index (χ3v) is 2.39. The van der Waals surface area contributed by atoms with E-state index in [1.54, 1.807) is 19.1 Å². The summed E-state index contributed by atoms with van der Waals surface area (Å²) in [6.45, 7) is 2.01. The first-order chi connectivity index (χ1) is 8.13. The molecule has 0 amide bonds. The second-order valence-electron chi connectivity index (χ2n) is 3.83. The van der Waals surface area contributed by atoms with Crippen LogP contribution in [-0.2, 0) is 9.53 Å². The van der Waals surface area contributed by atoms with Gasteiger partial charge in [-0.15, -0.1) is 0 Å². The van der Waals surface area contributed by atoms with E-state index in [4.69, 9.17) is 4.74 Å². The molecule has 0 spiro atoms. The molecular formula is C13H18O4. The van der Waals surface area contributed by atoms with Crippen molar-refractivity contribution in [3.8, 4) is 0 Å². The third-order valence-electron chi connectivity index (χ3n) is 2.39. The van der Waals surface area contributed by atoms with E-state index >= 15 is 0 Å². The smallest absolute Gasteiger partial charge is 0.308 e. The number of esters is 1. The molecule has 94 valence electrons. The molecule has 2 N–H and O–H groups in total. The molecule has 0 saturated heterocycles. The molecule has 1 aromatic rings. The van der Waals surface area contributed by atoms with Gasteiger partial charge in [-0.2, -0.15) is 0 Å². The Morgan fingerprint density at radius 1 is 1.29 bits per heavy atom. The van der Waals surface area contributed by atoms with Crippen molar-refractivity contribution in [2.45, 2.75) is 32.0 Å². The molecule has 1 rings (SSSR count). The fraction of sp³-hybridized carbons (Fsp3) is 0.462. The maximum Gasteiger partial charge on any atom is 0.308 e. The number of aliphatic hydroxyl groups excluding tert-OH is 2. The van der Waals surface area contributed by atoms with Gasteiger partial charge in [0.05, 0.1) is 25.2 Å². The predicted octanol–water partition coefficient (Wildman–Crippen LogP) is 1.42. The maximum absolute atomic E-state index is 11.1. The van der Waals surface area contributed by atoms with Crippen molar-refractivity contribution < 1.29 is 19.7 Å². The molecule has 0 fully saturated rings. The Hall–Kier alpha value is -1.39. The highest BCUT2D eigenvalue weighted by atomic mass is 16.5. The van der Waals surface area contributed by atoms with Gasteiger partial charge in [-0.1, -0.05) is 30.3 Å². The minimum absolute atomic E-state index is 0.0856. The Bertz CT molecular complexity index is 337. The Morgan fingerprint density at radius 3 is 2.53 bits per heavy atom. The zero-order valence-electron chi connectivity index (χ0n) is 9.87.